The van der Waals surface area contributed by atoms with Gasteiger partial charge in [0.25, 0.3) is 0 Å². The van der Waals surface area contributed by atoms with Gasteiger partial charge in [0.05, 0.1) is 11.3 Å². The topological polar surface area (TPSA) is 99.6 Å². The number of piperidine rings is 1. The molecular formula is C27H33N5O3. The molecular weight excluding hydrogens is 442 g/mol. The van der Waals surface area contributed by atoms with Crippen molar-refractivity contribution in [2.75, 3.05) is 20.1 Å². The first kappa shape index (κ1) is 23.2. The minimum absolute atomic E-state index is 0.0274. The first-order chi connectivity index (χ1) is 16.8. The van der Waals surface area contributed by atoms with Crippen LogP contribution >= 0.6 is 0 Å². The molecule has 0 spiro atoms. The van der Waals surface area contributed by atoms with Gasteiger partial charge in [-0.1, -0.05) is 18.9 Å². The normalized spacial score (nSPS) is 15.4. The molecule has 4 aromatic rings. The summed E-state index contributed by atoms with van der Waals surface area (Å²) in [5.74, 6) is 1.03. The molecule has 0 amide bonds. The van der Waals surface area contributed by atoms with E-state index in [2.05, 4.69) is 45.0 Å². The van der Waals surface area contributed by atoms with Crippen LogP contribution in [0, 0.1) is 5.92 Å². The van der Waals surface area contributed by atoms with Crippen molar-refractivity contribution in [2.24, 2.45) is 5.92 Å². The van der Waals surface area contributed by atoms with Crippen molar-refractivity contribution in [3.8, 4) is 34.6 Å². The number of rotatable bonds is 6. The van der Waals surface area contributed by atoms with Gasteiger partial charge in [0.15, 0.2) is 5.82 Å². The number of aromatic hydroxyl groups is 3. The molecule has 1 saturated heterocycles. The Labute approximate surface area is 205 Å². The van der Waals surface area contributed by atoms with Crippen molar-refractivity contribution < 1.29 is 15.3 Å². The highest BCUT2D eigenvalue weighted by molar-refractivity contribution is 5.83. The molecule has 8 heteroatoms. The van der Waals surface area contributed by atoms with Crippen molar-refractivity contribution in [1.82, 2.24) is 24.2 Å². The SMILES string of the molecule is CC(C)c1cc(-c2nnc(O)n2-c2ccc3c(ccn3CCC3CCN(C)CC3)c2)c(O)cc1O. The fourth-order valence-electron chi connectivity index (χ4n) is 5.12. The molecule has 2 aromatic heterocycles. The van der Waals surface area contributed by atoms with E-state index in [1.54, 1.807) is 6.07 Å². The van der Waals surface area contributed by atoms with Crippen molar-refractivity contribution in [3.05, 3.63) is 48.2 Å². The molecule has 0 saturated carbocycles. The van der Waals surface area contributed by atoms with Gasteiger partial charge in [-0.3, -0.25) is 0 Å². The van der Waals surface area contributed by atoms with E-state index in [-0.39, 0.29) is 23.4 Å². The summed E-state index contributed by atoms with van der Waals surface area (Å²) in [7, 11) is 2.19. The number of aryl methyl sites for hydroxylation is 1. The summed E-state index contributed by atoms with van der Waals surface area (Å²) in [4.78, 5) is 2.40. The van der Waals surface area contributed by atoms with E-state index in [4.69, 9.17) is 0 Å². The van der Waals surface area contributed by atoms with Gasteiger partial charge in [-0.2, -0.15) is 0 Å². The molecule has 0 atom stereocenters. The fraction of sp³-hybridized carbons (Fsp3) is 0.407. The maximum Gasteiger partial charge on any atom is 0.319 e. The number of benzene rings is 2. The van der Waals surface area contributed by atoms with Gasteiger partial charge >= 0.3 is 6.01 Å². The summed E-state index contributed by atoms with van der Waals surface area (Å²) in [6.45, 7) is 7.27. The average Bonchev–Trinajstić information content (AvgIpc) is 3.41. The first-order valence-corrected chi connectivity index (χ1v) is 12.3. The van der Waals surface area contributed by atoms with Crippen LogP contribution in [0.5, 0.6) is 17.5 Å². The summed E-state index contributed by atoms with van der Waals surface area (Å²) in [5, 5.41) is 40.4. The van der Waals surface area contributed by atoms with Gasteiger partial charge in [-0.15, -0.1) is 5.10 Å². The Bertz CT molecular complexity index is 1350. The molecule has 1 aliphatic heterocycles. The van der Waals surface area contributed by atoms with Crippen LogP contribution in [0.1, 0.15) is 44.6 Å². The lowest BCUT2D eigenvalue weighted by Crippen LogP contribution is -2.30. The van der Waals surface area contributed by atoms with E-state index in [9.17, 15) is 15.3 Å². The number of nitrogens with zero attached hydrogens (tertiary/aromatic N) is 5. The summed E-state index contributed by atoms with van der Waals surface area (Å²) in [5.41, 5.74) is 2.92. The maximum absolute atomic E-state index is 10.6. The first-order valence-electron chi connectivity index (χ1n) is 12.3. The molecule has 1 fully saturated rings. The van der Waals surface area contributed by atoms with Gasteiger partial charge in [0.2, 0.25) is 0 Å². The molecule has 5 rings (SSSR count). The molecule has 3 N–H and O–H groups in total. The smallest absolute Gasteiger partial charge is 0.319 e. The predicted octanol–water partition coefficient (Wildman–Crippen LogP) is 4.86. The van der Waals surface area contributed by atoms with Gasteiger partial charge in [0, 0.05) is 29.7 Å². The van der Waals surface area contributed by atoms with Crippen LogP contribution in [0.2, 0.25) is 0 Å². The quantitative estimate of drug-likeness (QED) is 0.368. The standard InChI is InChI=1S/C27H33N5O3/c1-17(2)21-15-22(25(34)16-24(21)33)26-28-29-27(35)32(26)20-4-5-23-19(14-20)9-13-31(23)12-8-18-6-10-30(3)11-7-18/h4-5,9,13-18,33-34H,6-8,10-12H2,1-3H3,(H,29,35). The Kier molecular flexibility index (Phi) is 6.15. The van der Waals surface area contributed by atoms with Gasteiger partial charge < -0.3 is 24.8 Å². The van der Waals surface area contributed by atoms with E-state index in [0.717, 1.165) is 23.4 Å². The molecule has 8 nitrogen and oxygen atoms in total. The lowest BCUT2D eigenvalue weighted by atomic mass is 9.94. The van der Waals surface area contributed by atoms with Crippen LogP contribution in [-0.4, -0.2) is 59.7 Å². The second-order valence-electron chi connectivity index (χ2n) is 10.0. The summed E-state index contributed by atoms with van der Waals surface area (Å²) in [6, 6.07) is 10.8. The van der Waals surface area contributed by atoms with Crippen LogP contribution in [0.25, 0.3) is 28.0 Å². The Balaban J connectivity index is 1.45. The number of phenolic OH excluding ortho intramolecular Hbond substituents is 2. The average molecular weight is 476 g/mol. The summed E-state index contributed by atoms with van der Waals surface area (Å²) in [6.07, 6.45) is 5.82. The Morgan fingerprint density at radius 3 is 2.49 bits per heavy atom. The number of fused-ring (bicyclic) bond motifs is 1. The maximum atomic E-state index is 10.6. The number of likely N-dealkylation sites (tertiary alicyclic amines) is 1. The zero-order valence-corrected chi connectivity index (χ0v) is 20.5. The third-order valence-corrected chi connectivity index (χ3v) is 7.28. The zero-order valence-electron chi connectivity index (χ0n) is 20.5. The number of aromatic nitrogens is 4. The number of hydrogen-bond donors (Lipinski definition) is 3. The van der Waals surface area contributed by atoms with Gasteiger partial charge in [-0.25, -0.2) is 4.57 Å². The Morgan fingerprint density at radius 2 is 1.74 bits per heavy atom. The highest BCUT2D eigenvalue weighted by Gasteiger charge is 2.21. The van der Waals surface area contributed by atoms with Gasteiger partial charge in [-0.05, 0) is 87.1 Å². The highest BCUT2D eigenvalue weighted by Crippen LogP contribution is 2.39. The highest BCUT2D eigenvalue weighted by atomic mass is 16.3. The Morgan fingerprint density at radius 1 is 0.971 bits per heavy atom. The molecule has 0 unspecified atom stereocenters. The zero-order chi connectivity index (χ0) is 24.7. The minimum Gasteiger partial charge on any atom is -0.508 e. The Hall–Kier alpha value is -3.52. The lowest BCUT2D eigenvalue weighted by molar-refractivity contribution is 0.208. The molecule has 35 heavy (non-hydrogen) atoms. The third-order valence-electron chi connectivity index (χ3n) is 7.28. The molecule has 3 heterocycles. The van der Waals surface area contributed by atoms with Crippen molar-refractivity contribution >= 4 is 10.9 Å². The van der Waals surface area contributed by atoms with E-state index < -0.39 is 0 Å². The second-order valence-corrected chi connectivity index (χ2v) is 10.0. The van der Waals surface area contributed by atoms with Crippen molar-refractivity contribution in [3.63, 3.8) is 0 Å². The largest absolute Gasteiger partial charge is 0.508 e. The van der Waals surface area contributed by atoms with E-state index in [0.29, 0.717) is 22.6 Å². The number of phenols is 2. The fourth-order valence-corrected chi connectivity index (χ4v) is 5.12. The summed E-state index contributed by atoms with van der Waals surface area (Å²) < 4.78 is 3.82. The van der Waals surface area contributed by atoms with E-state index >= 15 is 0 Å². The molecule has 0 radical (unpaired) electrons. The number of hydrogen-bond acceptors (Lipinski definition) is 6. The minimum atomic E-state index is -0.264. The van der Waals surface area contributed by atoms with Crippen LogP contribution < -0.4 is 0 Å². The second kappa shape index (κ2) is 9.26. The third kappa shape index (κ3) is 4.46. The monoisotopic (exact) mass is 475 g/mol. The van der Waals surface area contributed by atoms with Crippen LogP contribution in [0.4, 0.5) is 0 Å². The summed E-state index contributed by atoms with van der Waals surface area (Å²) >= 11 is 0. The van der Waals surface area contributed by atoms with E-state index in [1.807, 2.05) is 26.0 Å². The van der Waals surface area contributed by atoms with Crippen LogP contribution in [0.15, 0.2) is 42.6 Å². The molecule has 0 aliphatic carbocycles. The molecule has 1 aliphatic rings. The molecule has 184 valence electrons. The van der Waals surface area contributed by atoms with Crippen molar-refractivity contribution in [2.45, 2.75) is 45.6 Å². The predicted molar refractivity (Wildman–Crippen MR) is 136 cm³/mol. The van der Waals surface area contributed by atoms with Gasteiger partial charge in [0.1, 0.15) is 11.5 Å². The molecule has 2 aromatic carbocycles. The van der Waals surface area contributed by atoms with Crippen LogP contribution in [0.3, 0.4) is 0 Å². The molecule has 0 bridgehead atoms. The van der Waals surface area contributed by atoms with Crippen LogP contribution in [-0.2, 0) is 6.54 Å². The lowest BCUT2D eigenvalue weighted by Gasteiger charge is -2.29. The van der Waals surface area contributed by atoms with Crippen molar-refractivity contribution in [1.29, 1.82) is 0 Å². The van der Waals surface area contributed by atoms with E-state index in [1.165, 1.54) is 43.0 Å².